The molecule has 0 bridgehead atoms. The number of fused-ring (bicyclic) bond motifs is 4. The molecule has 0 atom stereocenters. The number of nitrogens with one attached hydrogen (secondary N) is 1. The van der Waals surface area contributed by atoms with E-state index in [4.69, 9.17) is 81.2 Å². The lowest BCUT2D eigenvalue weighted by Crippen LogP contribution is -2.32. The van der Waals surface area contributed by atoms with Crippen LogP contribution in [0.15, 0.2) is 113 Å². The number of aromatic hydroxyl groups is 1. The zero-order valence-electron chi connectivity index (χ0n) is 28.9. The summed E-state index contributed by atoms with van der Waals surface area (Å²) in [7, 11) is 0. The third kappa shape index (κ3) is 8.66. The third-order valence-electron chi connectivity index (χ3n) is 8.21. The van der Waals surface area contributed by atoms with E-state index < -0.39 is 37.0 Å². The van der Waals surface area contributed by atoms with E-state index in [1.165, 1.54) is 31.2 Å². The summed E-state index contributed by atoms with van der Waals surface area (Å²) in [5.41, 5.74) is 2.95. The minimum atomic E-state index is -2.18. The Morgan fingerprint density at radius 1 is 0.655 bits per heavy atom. The van der Waals surface area contributed by atoms with Crippen LogP contribution in [0.2, 0.25) is 0 Å². The molecule has 2 amide bonds. The van der Waals surface area contributed by atoms with Crippen molar-refractivity contribution in [2.75, 3.05) is 9.80 Å². The number of H-pyrrole nitrogens is 1. The fourth-order valence-corrected chi connectivity index (χ4v) is 6.67. The number of Topliss-reactive ketones (excluding diaryl/α,β-unsaturated/α-hetero) is 3. The average Bonchev–Trinajstić information content (AvgIpc) is 3.85. The van der Waals surface area contributed by atoms with Gasteiger partial charge in [-0.25, -0.2) is 9.79 Å². The second kappa shape index (κ2) is 16.6. The Morgan fingerprint density at radius 3 is 1.59 bits per heavy atom. The smallest absolute Gasteiger partial charge is 0.505 e. The highest BCUT2D eigenvalue weighted by molar-refractivity contribution is 6.69. The van der Waals surface area contributed by atoms with Crippen molar-refractivity contribution in [1.82, 2.24) is 4.98 Å². The van der Waals surface area contributed by atoms with Crippen LogP contribution in [-0.4, -0.2) is 58.5 Å². The Morgan fingerprint density at radius 2 is 1.12 bits per heavy atom. The van der Waals surface area contributed by atoms with Crippen molar-refractivity contribution in [3.05, 3.63) is 131 Å². The summed E-state index contributed by atoms with van der Waals surface area (Å²) in [6.07, 6.45) is -1.28. The van der Waals surface area contributed by atoms with Crippen molar-refractivity contribution in [2.24, 2.45) is 4.99 Å². The minimum absolute atomic E-state index is 0.0699. The number of halogens is 7. The number of nitrogens with zero attached hydrogens (tertiary/aromatic N) is 3. The molecule has 3 aliphatic rings. The van der Waals surface area contributed by atoms with Crippen LogP contribution in [0.3, 0.4) is 0 Å². The Labute approximate surface area is 362 Å². The topological polar surface area (TPSA) is 176 Å². The molecule has 2 N–H and O–H groups in total. The van der Waals surface area contributed by atoms with Crippen LogP contribution in [0.25, 0.3) is 10.9 Å². The Hall–Kier alpha value is -5.12. The van der Waals surface area contributed by atoms with Crippen molar-refractivity contribution < 1.29 is 43.3 Å². The standard InChI is InChI=1S/C18H8Cl2N2O4.C16H10N2O2.C4H3Cl5O3/c19-17(25)21-11-7-3-1-5-9(11)15(23)13(21)14-16(24)10-6-2-4-8-12(10)22(14)18(20)26;19-15-9-5-1-3-7-11(9)17-13(15)14-16(20)10-6-2-4-8-12(10)18-14;1-3(5,6)11-2(10)12-4(7,8)9/h1-8H;1-8,17,19H;1H3/b14-13+;;. The van der Waals surface area contributed by atoms with Gasteiger partial charge in [0.05, 0.1) is 17.1 Å². The molecule has 0 saturated carbocycles. The normalized spacial score (nSPS) is 15.4. The van der Waals surface area contributed by atoms with Gasteiger partial charge >= 0.3 is 20.9 Å². The van der Waals surface area contributed by atoms with Gasteiger partial charge < -0.3 is 19.6 Å². The van der Waals surface area contributed by atoms with Gasteiger partial charge in [0.15, 0.2) is 5.75 Å². The van der Waals surface area contributed by atoms with E-state index in [9.17, 15) is 33.9 Å². The van der Waals surface area contributed by atoms with E-state index in [1.54, 1.807) is 48.5 Å². The van der Waals surface area contributed by atoms with E-state index in [-0.39, 0.29) is 51.1 Å². The minimum Gasteiger partial charge on any atom is -0.505 e. The number of ether oxygens (including phenoxy) is 2. The summed E-state index contributed by atoms with van der Waals surface area (Å²) >= 11 is 37.2. The van der Waals surface area contributed by atoms with Crippen LogP contribution in [-0.2, 0) is 9.47 Å². The van der Waals surface area contributed by atoms with E-state index in [2.05, 4.69) is 19.5 Å². The van der Waals surface area contributed by atoms with E-state index in [0.29, 0.717) is 22.3 Å². The number of carbonyl (C=O) groups excluding carboxylic acids is 6. The number of carbonyl (C=O) groups is 6. The molecule has 0 aliphatic carbocycles. The van der Waals surface area contributed by atoms with Crippen molar-refractivity contribution in [3.63, 3.8) is 0 Å². The first-order valence-electron chi connectivity index (χ1n) is 16.2. The number of alkyl halides is 5. The number of para-hydroxylation sites is 4. The van der Waals surface area contributed by atoms with Crippen LogP contribution >= 0.6 is 81.2 Å². The molecule has 0 unspecified atom stereocenters. The van der Waals surface area contributed by atoms with Gasteiger partial charge in [-0.05, 0) is 107 Å². The molecule has 13 nitrogen and oxygen atoms in total. The van der Waals surface area contributed by atoms with Gasteiger partial charge in [-0.1, -0.05) is 71.7 Å². The number of aliphatic imine (C=N–C) groups is 1. The second-order valence-electron chi connectivity index (χ2n) is 12.0. The van der Waals surface area contributed by atoms with Crippen LogP contribution in [0.4, 0.5) is 31.4 Å². The maximum absolute atomic E-state index is 12.9. The molecular formula is C38H21Cl7N4O9. The number of hydrogen-bond acceptors (Lipinski definition) is 10. The monoisotopic (exact) mass is 922 g/mol. The van der Waals surface area contributed by atoms with Crippen molar-refractivity contribution >= 4 is 149 Å². The molecule has 0 fully saturated rings. The van der Waals surface area contributed by atoms with E-state index in [0.717, 1.165) is 15.3 Å². The van der Waals surface area contributed by atoms with Crippen molar-refractivity contribution in [1.29, 1.82) is 0 Å². The molecule has 20 heteroatoms. The number of amides is 2. The van der Waals surface area contributed by atoms with Crippen LogP contribution in [0.1, 0.15) is 43.7 Å². The highest BCUT2D eigenvalue weighted by Gasteiger charge is 2.46. The van der Waals surface area contributed by atoms with E-state index >= 15 is 0 Å². The number of aromatic nitrogens is 1. The summed E-state index contributed by atoms with van der Waals surface area (Å²) in [5, 5.41) is 9.02. The molecular weight excluding hydrogens is 905 g/mol. The fourth-order valence-electron chi connectivity index (χ4n) is 6.00. The van der Waals surface area contributed by atoms with Gasteiger partial charge in [-0.15, -0.1) is 0 Å². The molecule has 58 heavy (non-hydrogen) atoms. The number of benzene rings is 4. The van der Waals surface area contributed by atoms with Gasteiger partial charge in [0.1, 0.15) is 22.8 Å². The first kappa shape index (κ1) is 42.5. The van der Waals surface area contributed by atoms with Crippen LogP contribution in [0.5, 0.6) is 5.75 Å². The third-order valence-corrected chi connectivity index (χ3v) is 8.93. The summed E-state index contributed by atoms with van der Waals surface area (Å²) < 4.78 is 4.41. The summed E-state index contributed by atoms with van der Waals surface area (Å²) in [4.78, 5) is 82.1. The number of anilines is 2. The first-order valence-corrected chi connectivity index (χ1v) is 18.8. The molecule has 4 heterocycles. The SMILES string of the molecule is CC(Cl)(Cl)OC(=O)OC(Cl)(Cl)Cl.O=C1/C(=C2/C(=O)c3ccccc3N2C(=O)Cl)N(C(=O)Cl)c2ccccc21.O=C1C(c2[nH]c3ccccc3c2O)=Nc2ccccc21. The quantitative estimate of drug-likeness (QED) is 0.0574. The van der Waals surface area contributed by atoms with Gasteiger partial charge in [-0.3, -0.25) is 33.8 Å². The Bertz CT molecular complexity index is 2530. The predicted molar refractivity (Wildman–Crippen MR) is 221 cm³/mol. The van der Waals surface area contributed by atoms with Gasteiger partial charge in [-0.2, -0.15) is 0 Å². The number of hydrogen-bond donors (Lipinski definition) is 2. The lowest BCUT2D eigenvalue weighted by atomic mass is 10.1. The molecule has 4 aromatic carbocycles. The molecule has 0 spiro atoms. The number of allylic oxidation sites excluding steroid dienone is 2. The first-order chi connectivity index (χ1) is 27.3. The molecule has 1 aromatic heterocycles. The lowest BCUT2D eigenvalue weighted by molar-refractivity contribution is 0.0369. The van der Waals surface area contributed by atoms with Crippen LogP contribution < -0.4 is 9.80 Å². The highest BCUT2D eigenvalue weighted by Crippen LogP contribution is 2.43. The molecule has 296 valence electrons. The zero-order valence-corrected chi connectivity index (χ0v) is 34.2. The van der Waals surface area contributed by atoms with Crippen LogP contribution in [0, 0.1) is 0 Å². The molecule has 0 radical (unpaired) electrons. The molecule has 0 saturated heterocycles. The van der Waals surface area contributed by atoms with E-state index in [1.807, 2.05) is 24.3 Å². The second-order valence-corrected chi connectivity index (χ2v) is 16.4. The highest BCUT2D eigenvalue weighted by atomic mass is 35.6. The van der Waals surface area contributed by atoms with Gasteiger partial charge in [0.25, 0.3) is 4.52 Å². The Balaban J connectivity index is 0.000000158. The maximum Gasteiger partial charge on any atom is 0.514 e. The molecule has 5 aromatic rings. The Kier molecular flexibility index (Phi) is 12.2. The van der Waals surface area contributed by atoms with Crippen molar-refractivity contribution in [3.8, 4) is 5.75 Å². The number of ketones is 3. The lowest BCUT2D eigenvalue weighted by Gasteiger charge is -2.20. The zero-order chi connectivity index (χ0) is 42.3. The van der Waals surface area contributed by atoms with Gasteiger partial charge in [0, 0.05) is 34.5 Å². The average molecular weight is 926 g/mol. The largest absolute Gasteiger partial charge is 0.514 e. The number of rotatable bonds is 2. The van der Waals surface area contributed by atoms with Crippen molar-refractivity contribution in [2.45, 2.75) is 15.4 Å². The number of aromatic amines is 1. The summed E-state index contributed by atoms with van der Waals surface area (Å²) in [5.74, 6) is -1.27. The fraction of sp³-hybridized carbons (Fsp3) is 0.0789. The summed E-state index contributed by atoms with van der Waals surface area (Å²) in [6, 6.07) is 27.1. The predicted octanol–water partition coefficient (Wildman–Crippen LogP) is 11.1. The molecule has 3 aliphatic heterocycles. The maximum atomic E-state index is 12.9. The summed E-state index contributed by atoms with van der Waals surface area (Å²) in [6.45, 7) is 1.20. The molecule has 8 rings (SSSR count). The van der Waals surface area contributed by atoms with Gasteiger partial charge in [0.2, 0.25) is 17.3 Å².